The Bertz CT molecular complexity index is 681. The molecule has 3 N–H and O–H groups in total. The van der Waals surface area contributed by atoms with Gasteiger partial charge in [-0.1, -0.05) is 12.2 Å². The molecule has 7 heteroatoms. The fourth-order valence-corrected chi connectivity index (χ4v) is 4.27. The van der Waals surface area contributed by atoms with Crippen LogP contribution in [0.15, 0.2) is 24.3 Å². The van der Waals surface area contributed by atoms with Gasteiger partial charge in [-0.2, -0.15) is 0 Å². The van der Waals surface area contributed by atoms with E-state index in [2.05, 4.69) is 10.9 Å². The molecule has 0 saturated heterocycles. The van der Waals surface area contributed by atoms with Gasteiger partial charge in [-0.05, 0) is 43.7 Å². The Morgan fingerprint density at radius 3 is 2.26 bits per heavy atom. The Kier molecular flexibility index (Phi) is 4.21. The molecule has 4 rings (SSSR count). The summed E-state index contributed by atoms with van der Waals surface area (Å²) in [6.45, 7) is 1.89. The molecule has 6 nitrogen and oxygen atoms in total. The zero-order chi connectivity index (χ0) is 16.6. The number of hydrogen-bond acceptors (Lipinski definition) is 4. The second kappa shape index (κ2) is 6.16. The topological polar surface area (TPSA) is 95.5 Å². The van der Waals surface area contributed by atoms with Crippen molar-refractivity contribution in [3.8, 4) is 0 Å². The monoisotopic (exact) mass is 334 g/mol. The molecule has 1 fully saturated rings. The molecular weight excluding hydrogens is 316 g/mol. The first kappa shape index (κ1) is 15.7. The number of allylic oxidation sites excluding steroid dienone is 2. The Balaban J connectivity index is 1.66. The number of amides is 2. The highest BCUT2D eigenvalue weighted by Gasteiger charge is 2.48. The highest BCUT2D eigenvalue weighted by molar-refractivity contribution is 7.13. The molecule has 3 aliphatic carbocycles. The predicted octanol–water partition coefficient (Wildman–Crippen LogP) is 1.73. The fourth-order valence-electron chi connectivity index (χ4n) is 3.51. The Labute approximate surface area is 137 Å². The molecule has 0 spiro atoms. The Morgan fingerprint density at radius 1 is 1.09 bits per heavy atom. The van der Waals surface area contributed by atoms with Gasteiger partial charge < -0.3 is 5.11 Å². The van der Waals surface area contributed by atoms with Gasteiger partial charge in [0.05, 0.1) is 16.7 Å². The highest BCUT2D eigenvalue weighted by atomic mass is 32.1. The minimum Gasteiger partial charge on any atom is -0.481 e. The van der Waals surface area contributed by atoms with Crippen molar-refractivity contribution in [1.82, 2.24) is 10.9 Å². The molecule has 1 heterocycles. The van der Waals surface area contributed by atoms with Gasteiger partial charge >= 0.3 is 5.97 Å². The summed E-state index contributed by atoms with van der Waals surface area (Å²) in [5, 5.41) is 9.44. The summed E-state index contributed by atoms with van der Waals surface area (Å²) in [7, 11) is 0. The molecule has 2 amide bonds. The van der Waals surface area contributed by atoms with Crippen LogP contribution in [0, 0.1) is 30.6 Å². The molecular formula is C16H18N2O4S. The van der Waals surface area contributed by atoms with Crippen LogP contribution in [0.3, 0.4) is 0 Å². The van der Waals surface area contributed by atoms with Crippen LogP contribution in [-0.2, 0) is 9.59 Å². The minimum atomic E-state index is -0.954. The third kappa shape index (κ3) is 3.01. The van der Waals surface area contributed by atoms with Gasteiger partial charge in [0.2, 0.25) is 5.91 Å². The molecule has 1 aromatic rings. The van der Waals surface area contributed by atoms with Crippen molar-refractivity contribution in [2.75, 3.05) is 0 Å². The minimum absolute atomic E-state index is 0.0815. The van der Waals surface area contributed by atoms with Crippen molar-refractivity contribution >= 4 is 29.1 Å². The number of carbonyl (C=O) groups is 3. The number of fused-ring (bicyclic) bond motifs is 2. The fraction of sp³-hybridized carbons (Fsp3) is 0.438. The number of hydrogen-bond donors (Lipinski definition) is 3. The van der Waals surface area contributed by atoms with Gasteiger partial charge in [0, 0.05) is 4.88 Å². The maximum absolute atomic E-state index is 12.4. The summed E-state index contributed by atoms with van der Waals surface area (Å²) >= 11 is 1.33. The average Bonchev–Trinajstić information content (AvgIpc) is 2.99. The van der Waals surface area contributed by atoms with E-state index >= 15 is 0 Å². The quantitative estimate of drug-likeness (QED) is 0.579. The van der Waals surface area contributed by atoms with E-state index in [1.54, 1.807) is 6.07 Å². The summed E-state index contributed by atoms with van der Waals surface area (Å²) in [6.07, 6.45) is 5.44. The molecule has 0 aliphatic heterocycles. The van der Waals surface area contributed by atoms with Gasteiger partial charge in [-0.25, -0.2) is 0 Å². The highest BCUT2D eigenvalue weighted by Crippen LogP contribution is 2.44. The van der Waals surface area contributed by atoms with Gasteiger partial charge in [0.15, 0.2) is 0 Å². The number of aryl methyl sites for hydroxylation is 1. The van der Waals surface area contributed by atoms with Gasteiger partial charge in [-0.15, -0.1) is 11.3 Å². The van der Waals surface area contributed by atoms with Crippen molar-refractivity contribution in [1.29, 1.82) is 0 Å². The lowest BCUT2D eigenvalue weighted by Gasteiger charge is -2.41. The van der Waals surface area contributed by atoms with Crippen LogP contribution >= 0.6 is 11.3 Å². The van der Waals surface area contributed by atoms with Gasteiger partial charge in [0.1, 0.15) is 0 Å². The van der Waals surface area contributed by atoms with Crippen LogP contribution in [0.4, 0.5) is 0 Å². The Hall–Kier alpha value is -2.15. The van der Waals surface area contributed by atoms with E-state index in [0.717, 1.165) is 17.7 Å². The maximum Gasteiger partial charge on any atom is 0.307 e. The lowest BCUT2D eigenvalue weighted by Crippen LogP contribution is -2.52. The number of nitrogens with one attached hydrogen (secondary N) is 2. The molecule has 122 valence electrons. The van der Waals surface area contributed by atoms with Crippen molar-refractivity contribution in [3.05, 3.63) is 34.0 Å². The molecule has 1 aromatic heterocycles. The second-order valence-corrected chi connectivity index (χ2v) is 7.32. The summed E-state index contributed by atoms with van der Waals surface area (Å²) in [6, 6.07) is 3.51. The zero-order valence-corrected chi connectivity index (χ0v) is 13.4. The van der Waals surface area contributed by atoms with Crippen molar-refractivity contribution in [2.24, 2.45) is 23.7 Å². The summed E-state index contributed by atoms with van der Waals surface area (Å²) in [5.41, 5.74) is 4.78. The van der Waals surface area contributed by atoms with Crippen LogP contribution in [0.5, 0.6) is 0 Å². The molecule has 1 saturated carbocycles. The normalized spacial score (nSPS) is 28.4. The van der Waals surface area contributed by atoms with Gasteiger partial charge in [-0.3, -0.25) is 25.2 Å². The maximum atomic E-state index is 12.4. The van der Waals surface area contributed by atoms with Crippen LogP contribution in [0.2, 0.25) is 0 Å². The number of hydrazine groups is 1. The standard InChI is InChI=1S/C16H18N2O4S/c1-8-2-7-11(23-8)14(19)17-18-15(20)12-9-3-5-10(6-4-9)13(12)16(21)22/h2-3,5,7,9-10,12-13H,4,6H2,1H3,(H,17,19)(H,18,20)(H,21,22)/t9-,10-,12+,13+/m0/s1. The smallest absolute Gasteiger partial charge is 0.307 e. The van der Waals surface area contributed by atoms with Crippen molar-refractivity contribution in [3.63, 3.8) is 0 Å². The predicted molar refractivity (Wildman–Crippen MR) is 84.6 cm³/mol. The van der Waals surface area contributed by atoms with Crippen LogP contribution < -0.4 is 10.9 Å². The number of carboxylic acids is 1. The number of thiophene rings is 1. The first-order valence-electron chi connectivity index (χ1n) is 7.55. The molecule has 2 bridgehead atoms. The molecule has 23 heavy (non-hydrogen) atoms. The second-order valence-electron chi connectivity index (χ2n) is 6.03. The lowest BCUT2D eigenvalue weighted by molar-refractivity contribution is -0.153. The summed E-state index contributed by atoms with van der Waals surface area (Å²) in [5.74, 6) is -3.32. The number of aliphatic carboxylic acids is 1. The third-order valence-electron chi connectivity index (χ3n) is 4.60. The van der Waals surface area contributed by atoms with E-state index in [4.69, 9.17) is 0 Å². The number of carboxylic acid groups (broad SMARTS) is 1. The summed E-state index contributed by atoms with van der Waals surface area (Å²) < 4.78 is 0. The molecule has 4 atom stereocenters. The number of carbonyl (C=O) groups excluding carboxylic acids is 2. The first-order chi connectivity index (χ1) is 11.0. The van der Waals surface area contributed by atoms with Crippen LogP contribution in [0.25, 0.3) is 0 Å². The summed E-state index contributed by atoms with van der Waals surface area (Å²) in [4.78, 5) is 37.4. The van der Waals surface area contributed by atoms with Crippen LogP contribution in [0.1, 0.15) is 27.4 Å². The molecule has 0 unspecified atom stereocenters. The SMILES string of the molecule is Cc1ccc(C(=O)NNC(=O)[C@H]2[C@H](C(=O)O)[C@H]3C=C[C@H]2CC3)s1. The van der Waals surface area contributed by atoms with Crippen molar-refractivity contribution in [2.45, 2.75) is 19.8 Å². The molecule has 0 radical (unpaired) electrons. The van der Waals surface area contributed by atoms with E-state index in [9.17, 15) is 19.5 Å². The Morgan fingerprint density at radius 2 is 1.74 bits per heavy atom. The van der Waals surface area contributed by atoms with E-state index in [0.29, 0.717) is 4.88 Å². The third-order valence-corrected chi connectivity index (χ3v) is 5.60. The van der Waals surface area contributed by atoms with Crippen molar-refractivity contribution < 1.29 is 19.5 Å². The molecule has 3 aliphatic rings. The van der Waals surface area contributed by atoms with E-state index < -0.39 is 23.7 Å². The van der Waals surface area contributed by atoms with Gasteiger partial charge in [0.25, 0.3) is 5.91 Å². The van der Waals surface area contributed by atoms with E-state index in [1.807, 2.05) is 25.1 Å². The first-order valence-corrected chi connectivity index (χ1v) is 8.37. The van der Waals surface area contributed by atoms with Crippen LogP contribution in [-0.4, -0.2) is 22.9 Å². The average molecular weight is 334 g/mol. The molecule has 0 aromatic carbocycles. The zero-order valence-electron chi connectivity index (χ0n) is 12.6. The largest absolute Gasteiger partial charge is 0.481 e. The number of rotatable bonds is 3. The van der Waals surface area contributed by atoms with E-state index in [-0.39, 0.29) is 17.7 Å². The van der Waals surface area contributed by atoms with E-state index in [1.165, 1.54) is 11.3 Å². The lowest BCUT2D eigenvalue weighted by atomic mass is 9.62.